The summed E-state index contributed by atoms with van der Waals surface area (Å²) in [6.45, 7) is 2.59. The Morgan fingerprint density at radius 1 is 1.60 bits per heavy atom. The number of β-amino-alcohol motifs (C(OH)–C–C–N with tert-alkyl or cyclic N) is 1. The second kappa shape index (κ2) is 4.49. The van der Waals surface area contributed by atoms with Crippen LogP contribution in [-0.2, 0) is 4.79 Å². The second-order valence-corrected chi connectivity index (χ2v) is 4.94. The van der Waals surface area contributed by atoms with E-state index >= 15 is 0 Å². The van der Waals surface area contributed by atoms with Crippen LogP contribution in [0.1, 0.15) is 32.6 Å². The molecule has 3 N–H and O–H groups in total. The van der Waals surface area contributed by atoms with Gasteiger partial charge in [-0.05, 0) is 25.7 Å². The SMILES string of the molecule is CC(CC1CC1)NC(=O)[C@H]1C[C@H](O)CN1. The van der Waals surface area contributed by atoms with Crippen molar-refractivity contribution in [3.05, 3.63) is 0 Å². The summed E-state index contributed by atoms with van der Waals surface area (Å²) in [5.41, 5.74) is 0. The summed E-state index contributed by atoms with van der Waals surface area (Å²) in [7, 11) is 0. The van der Waals surface area contributed by atoms with E-state index in [1.54, 1.807) is 0 Å². The van der Waals surface area contributed by atoms with Gasteiger partial charge in [-0.15, -0.1) is 0 Å². The largest absolute Gasteiger partial charge is 0.392 e. The van der Waals surface area contributed by atoms with Gasteiger partial charge in [0.1, 0.15) is 0 Å². The Morgan fingerprint density at radius 3 is 2.87 bits per heavy atom. The summed E-state index contributed by atoms with van der Waals surface area (Å²) < 4.78 is 0. The van der Waals surface area contributed by atoms with Crippen LogP contribution in [0.3, 0.4) is 0 Å². The van der Waals surface area contributed by atoms with Crippen molar-refractivity contribution in [3.63, 3.8) is 0 Å². The van der Waals surface area contributed by atoms with Gasteiger partial charge in [0, 0.05) is 12.6 Å². The summed E-state index contributed by atoms with van der Waals surface area (Å²) >= 11 is 0. The molecule has 4 heteroatoms. The minimum Gasteiger partial charge on any atom is -0.392 e. The number of nitrogens with one attached hydrogen (secondary N) is 2. The van der Waals surface area contributed by atoms with Crippen LogP contribution < -0.4 is 10.6 Å². The molecule has 1 aliphatic carbocycles. The van der Waals surface area contributed by atoms with Crippen molar-refractivity contribution < 1.29 is 9.90 Å². The lowest BCUT2D eigenvalue weighted by atomic mass is 10.1. The first-order valence-corrected chi connectivity index (χ1v) is 5.87. The third-order valence-corrected chi connectivity index (χ3v) is 3.20. The van der Waals surface area contributed by atoms with Crippen LogP contribution in [-0.4, -0.2) is 35.7 Å². The number of amides is 1. The van der Waals surface area contributed by atoms with Crippen LogP contribution in [0, 0.1) is 5.92 Å². The number of aliphatic hydroxyl groups excluding tert-OH is 1. The van der Waals surface area contributed by atoms with E-state index in [0.717, 1.165) is 12.3 Å². The van der Waals surface area contributed by atoms with Gasteiger partial charge in [-0.3, -0.25) is 4.79 Å². The van der Waals surface area contributed by atoms with Gasteiger partial charge in [-0.1, -0.05) is 12.8 Å². The Balaban J connectivity index is 1.70. The van der Waals surface area contributed by atoms with Crippen molar-refractivity contribution >= 4 is 5.91 Å². The average molecular weight is 212 g/mol. The zero-order valence-corrected chi connectivity index (χ0v) is 9.20. The van der Waals surface area contributed by atoms with Gasteiger partial charge in [0.05, 0.1) is 12.1 Å². The van der Waals surface area contributed by atoms with Gasteiger partial charge in [0.15, 0.2) is 0 Å². The Hall–Kier alpha value is -0.610. The summed E-state index contributed by atoms with van der Waals surface area (Å²) in [6.07, 6.45) is 3.92. The molecular weight excluding hydrogens is 192 g/mol. The fourth-order valence-corrected chi connectivity index (χ4v) is 2.17. The number of carbonyl (C=O) groups is 1. The lowest BCUT2D eigenvalue weighted by molar-refractivity contribution is -0.123. The molecule has 15 heavy (non-hydrogen) atoms. The minimum absolute atomic E-state index is 0.0414. The van der Waals surface area contributed by atoms with E-state index in [1.165, 1.54) is 12.8 Å². The van der Waals surface area contributed by atoms with Gasteiger partial charge in [0.25, 0.3) is 0 Å². The maximum atomic E-state index is 11.7. The van der Waals surface area contributed by atoms with Gasteiger partial charge in [-0.2, -0.15) is 0 Å². The molecule has 2 rings (SSSR count). The maximum absolute atomic E-state index is 11.7. The third kappa shape index (κ3) is 3.18. The highest BCUT2D eigenvalue weighted by Gasteiger charge is 2.30. The predicted molar refractivity (Wildman–Crippen MR) is 57.4 cm³/mol. The first kappa shape index (κ1) is 10.9. The summed E-state index contributed by atoms with van der Waals surface area (Å²) in [4.78, 5) is 11.7. The highest BCUT2D eigenvalue weighted by molar-refractivity contribution is 5.82. The van der Waals surface area contributed by atoms with Crippen molar-refractivity contribution in [2.45, 2.75) is 50.8 Å². The van der Waals surface area contributed by atoms with Gasteiger partial charge < -0.3 is 15.7 Å². The molecular formula is C11H20N2O2. The summed E-state index contributed by atoms with van der Waals surface area (Å²) in [5, 5.41) is 15.3. The number of aliphatic hydroxyl groups is 1. The first-order valence-electron chi connectivity index (χ1n) is 5.87. The molecule has 4 nitrogen and oxygen atoms in total. The van der Waals surface area contributed by atoms with E-state index in [2.05, 4.69) is 17.6 Å². The lowest BCUT2D eigenvalue weighted by Crippen LogP contribution is -2.44. The fraction of sp³-hybridized carbons (Fsp3) is 0.909. The van der Waals surface area contributed by atoms with Crippen LogP contribution >= 0.6 is 0 Å². The van der Waals surface area contributed by atoms with E-state index in [9.17, 15) is 9.90 Å². The van der Waals surface area contributed by atoms with Crippen molar-refractivity contribution in [1.29, 1.82) is 0 Å². The molecule has 0 radical (unpaired) electrons. The summed E-state index contributed by atoms with van der Waals surface area (Å²) in [5.74, 6) is 0.877. The van der Waals surface area contributed by atoms with E-state index < -0.39 is 0 Å². The molecule has 1 heterocycles. The molecule has 2 aliphatic rings. The predicted octanol–water partition coefficient (Wildman–Crippen LogP) is 0.0140. The molecule has 0 spiro atoms. The Kier molecular flexibility index (Phi) is 3.26. The van der Waals surface area contributed by atoms with Crippen molar-refractivity contribution in [1.82, 2.24) is 10.6 Å². The topological polar surface area (TPSA) is 61.4 Å². The van der Waals surface area contributed by atoms with Gasteiger partial charge in [0.2, 0.25) is 5.91 Å². The zero-order valence-electron chi connectivity index (χ0n) is 9.20. The number of hydrogen-bond acceptors (Lipinski definition) is 3. The Bertz CT molecular complexity index is 241. The van der Waals surface area contributed by atoms with E-state index in [4.69, 9.17) is 0 Å². The van der Waals surface area contributed by atoms with Crippen LogP contribution in [0.4, 0.5) is 0 Å². The molecule has 1 saturated carbocycles. The fourth-order valence-electron chi connectivity index (χ4n) is 2.17. The van der Waals surface area contributed by atoms with Crippen molar-refractivity contribution in [2.75, 3.05) is 6.54 Å². The highest BCUT2D eigenvalue weighted by atomic mass is 16.3. The zero-order chi connectivity index (χ0) is 10.8. The molecule has 2 fully saturated rings. The highest BCUT2D eigenvalue weighted by Crippen LogP contribution is 2.33. The molecule has 1 aliphatic heterocycles. The number of rotatable bonds is 4. The van der Waals surface area contributed by atoms with E-state index in [0.29, 0.717) is 13.0 Å². The third-order valence-electron chi connectivity index (χ3n) is 3.20. The smallest absolute Gasteiger partial charge is 0.237 e. The van der Waals surface area contributed by atoms with Crippen molar-refractivity contribution in [2.24, 2.45) is 5.92 Å². The molecule has 86 valence electrons. The molecule has 0 aromatic heterocycles. The minimum atomic E-state index is -0.362. The molecule has 0 aromatic carbocycles. The Morgan fingerprint density at radius 2 is 2.33 bits per heavy atom. The van der Waals surface area contributed by atoms with Gasteiger partial charge >= 0.3 is 0 Å². The summed E-state index contributed by atoms with van der Waals surface area (Å²) in [6, 6.07) is 0.0752. The average Bonchev–Trinajstić information content (AvgIpc) is 2.85. The molecule has 1 amide bonds. The standard InChI is InChI=1S/C11H20N2O2/c1-7(4-8-2-3-8)13-11(15)10-5-9(14)6-12-10/h7-10,12,14H,2-6H2,1H3,(H,13,15)/t7?,9-,10+/m0/s1. The lowest BCUT2D eigenvalue weighted by Gasteiger charge is -2.16. The molecule has 0 aromatic rings. The van der Waals surface area contributed by atoms with Gasteiger partial charge in [-0.25, -0.2) is 0 Å². The van der Waals surface area contributed by atoms with Crippen molar-refractivity contribution in [3.8, 4) is 0 Å². The second-order valence-electron chi connectivity index (χ2n) is 4.94. The molecule has 1 saturated heterocycles. The molecule has 0 bridgehead atoms. The van der Waals surface area contributed by atoms with E-state index in [-0.39, 0.29) is 24.1 Å². The van der Waals surface area contributed by atoms with Crippen LogP contribution in [0.15, 0.2) is 0 Å². The maximum Gasteiger partial charge on any atom is 0.237 e. The van der Waals surface area contributed by atoms with Crippen LogP contribution in [0.25, 0.3) is 0 Å². The molecule has 3 atom stereocenters. The van der Waals surface area contributed by atoms with E-state index in [1.807, 2.05) is 0 Å². The van der Waals surface area contributed by atoms with Crippen LogP contribution in [0.2, 0.25) is 0 Å². The quantitative estimate of drug-likeness (QED) is 0.615. The van der Waals surface area contributed by atoms with Crippen LogP contribution in [0.5, 0.6) is 0 Å². The number of carbonyl (C=O) groups excluding carboxylic acids is 1. The molecule has 1 unspecified atom stereocenters. The monoisotopic (exact) mass is 212 g/mol. The number of hydrogen-bond donors (Lipinski definition) is 3. The first-order chi connectivity index (χ1) is 7.15. The Labute approximate surface area is 90.4 Å². The normalized spacial score (nSPS) is 32.7.